The number of hydrogen-bond donors (Lipinski definition) is 2. The van der Waals surface area contributed by atoms with Crippen LogP contribution in [0.2, 0.25) is 0 Å². The molecule has 0 unspecified atom stereocenters. The van der Waals surface area contributed by atoms with E-state index in [1.54, 1.807) is 6.20 Å². The van der Waals surface area contributed by atoms with Crippen molar-refractivity contribution in [1.29, 1.82) is 0 Å². The third-order valence-electron chi connectivity index (χ3n) is 2.42. The number of rotatable bonds is 5. The van der Waals surface area contributed by atoms with Gasteiger partial charge in [0.2, 0.25) is 0 Å². The van der Waals surface area contributed by atoms with Gasteiger partial charge in [0.1, 0.15) is 0 Å². The fraction of sp³-hybridized carbons (Fsp3) is 0.231. The van der Waals surface area contributed by atoms with Crippen LogP contribution in [0.3, 0.4) is 0 Å². The third kappa shape index (κ3) is 3.56. The summed E-state index contributed by atoms with van der Waals surface area (Å²) in [4.78, 5) is 16.8. The number of anilines is 1. The monoisotopic (exact) mass is 262 g/mol. The Morgan fingerprint density at radius 2 is 2.11 bits per heavy atom. The summed E-state index contributed by atoms with van der Waals surface area (Å²) >= 11 is 1.52. The van der Waals surface area contributed by atoms with Crippen LogP contribution in [0.25, 0.3) is 0 Å². The number of nitrogens with zero attached hydrogens (tertiary/aromatic N) is 1. The Bertz CT molecular complexity index is 534. The molecule has 0 saturated heterocycles. The average Bonchev–Trinajstić information content (AvgIpc) is 2.75. The Morgan fingerprint density at radius 3 is 2.78 bits per heavy atom. The van der Waals surface area contributed by atoms with Crippen LogP contribution in [-0.2, 0) is 17.8 Å². The van der Waals surface area contributed by atoms with Gasteiger partial charge in [0.15, 0.2) is 0 Å². The predicted molar refractivity (Wildman–Crippen MR) is 72.0 cm³/mol. The number of carbonyl (C=O) groups is 1. The minimum atomic E-state index is -0.793. The second-order valence-electron chi connectivity index (χ2n) is 3.98. The summed E-state index contributed by atoms with van der Waals surface area (Å²) in [5, 5.41) is 11.9. The van der Waals surface area contributed by atoms with Gasteiger partial charge >= 0.3 is 5.97 Å². The lowest BCUT2D eigenvalue weighted by Gasteiger charge is -2.04. The number of aryl methyl sites for hydroxylation is 1. The maximum atomic E-state index is 10.6. The molecule has 0 fully saturated rings. The van der Waals surface area contributed by atoms with Gasteiger partial charge < -0.3 is 10.4 Å². The van der Waals surface area contributed by atoms with Crippen molar-refractivity contribution >= 4 is 23.0 Å². The summed E-state index contributed by atoms with van der Waals surface area (Å²) in [6.45, 7) is 2.64. The number of thiophene rings is 1. The highest BCUT2D eigenvalue weighted by atomic mass is 32.1. The third-order valence-corrected chi connectivity index (χ3v) is 3.51. The maximum absolute atomic E-state index is 10.6. The molecule has 0 saturated carbocycles. The number of aliphatic carboxylic acids is 1. The van der Waals surface area contributed by atoms with E-state index in [-0.39, 0.29) is 6.42 Å². The normalized spacial score (nSPS) is 10.3. The van der Waals surface area contributed by atoms with Crippen LogP contribution >= 0.6 is 11.3 Å². The summed E-state index contributed by atoms with van der Waals surface area (Å²) in [6, 6.07) is 7.75. The largest absolute Gasteiger partial charge is 0.481 e. The maximum Gasteiger partial charge on any atom is 0.308 e. The van der Waals surface area contributed by atoms with Gasteiger partial charge in [0, 0.05) is 22.0 Å². The molecule has 0 radical (unpaired) electrons. The fourth-order valence-corrected chi connectivity index (χ4v) is 2.47. The average molecular weight is 262 g/mol. The molecule has 0 aliphatic rings. The van der Waals surface area contributed by atoms with Crippen molar-refractivity contribution in [3.8, 4) is 0 Å². The fourth-order valence-electron chi connectivity index (χ4n) is 1.52. The SMILES string of the molecule is Cc1ccc(NCc2ccc(CC(=O)O)s2)cn1. The number of pyridine rings is 1. The quantitative estimate of drug-likeness (QED) is 0.869. The molecule has 0 aromatic carbocycles. The molecule has 2 N–H and O–H groups in total. The highest BCUT2D eigenvalue weighted by Crippen LogP contribution is 2.18. The number of hydrogen-bond acceptors (Lipinski definition) is 4. The lowest BCUT2D eigenvalue weighted by molar-refractivity contribution is -0.136. The van der Waals surface area contributed by atoms with Gasteiger partial charge in [-0.25, -0.2) is 0 Å². The molecular formula is C13H14N2O2S. The van der Waals surface area contributed by atoms with Crippen LogP contribution in [0.1, 0.15) is 15.4 Å². The minimum absolute atomic E-state index is 0.0940. The summed E-state index contributed by atoms with van der Waals surface area (Å²) in [7, 11) is 0. The number of aromatic nitrogens is 1. The van der Waals surface area contributed by atoms with Crippen molar-refractivity contribution in [2.24, 2.45) is 0 Å². The molecule has 0 aliphatic carbocycles. The molecule has 18 heavy (non-hydrogen) atoms. The van der Waals surface area contributed by atoms with E-state index >= 15 is 0 Å². The molecule has 4 nitrogen and oxygen atoms in total. The van der Waals surface area contributed by atoms with Crippen LogP contribution in [0.5, 0.6) is 0 Å². The minimum Gasteiger partial charge on any atom is -0.481 e. The molecule has 2 rings (SSSR count). The highest BCUT2D eigenvalue weighted by Gasteiger charge is 2.04. The first-order valence-corrected chi connectivity index (χ1v) is 6.41. The zero-order valence-corrected chi connectivity index (χ0v) is 10.8. The molecule has 0 bridgehead atoms. The van der Waals surface area contributed by atoms with E-state index in [4.69, 9.17) is 5.11 Å². The second-order valence-corrected chi connectivity index (χ2v) is 5.23. The van der Waals surface area contributed by atoms with Gasteiger partial charge in [-0.15, -0.1) is 11.3 Å². The number of nitrogens with one attached hydrogen (secondary N) is 1. The molecule has 0 spiro atoms. The molecular weight excluding hydrogens is 248 g/mol. The summed E-state index contributed by atoms with van der Waals surface area (Å²) in [6.07, 6.45) is 1.89. The Morgan fingerprint density at radius 1 is 1.33 bits per heavy atom. The summed E-state index contributed by atoms with van der Waals surface area (Å²) in [5.74, 6) is -0.793. The zero-order chi connectivity index (χ0) is 13.0. The van der Waals surface area contributed by atoms with Gasteiger partial charge in [-0.1, -0.05) is 0 Å². The first-order valence-electron chi connectivity index (χ1n) is 5.59. The van der Waals surface area contributed by atoms with Crippen LogP contribution in [0.15, 0.2) is 30.5 Å². The molecule has 0 atom stereocenters. The Hall–Kier alpha value is -1.88. The molecule has 5 heteroatoms. The van der Waals surface area contributed by atoms with Gasteiger partial charge in [-0.2, -0.15) is 0 Å². The van der Waals surface area contributed by atoms with Crippen LogP contribution < -0.4 is 5.32 Å². The van der Waals surface area contributed by atoms with Crippen molar-refractivity contribution in [2.75, 3.05) is 5.32 Å². The molecule has 2 aromatic heterocycles. The van der Waals surface area contributed by atoms with E-state index in [1.165, 1.54) is 11.3 Å². The molecule has 94 valence electrons. The predicted octanol–water partition coefficient (Wildman–Crippen LogP) is 2.69. The second kappa shape index (κ2) is 5.64. The standard InChI is InChI=1S/C13H14N2O2S/c1-9-2-3-10(7-14-9)15-8-12-5-4-11(18-12)6-13(16)17/h2-5,7,15H,6,8H2,1H3,(H,16,17). The number of carboxylic acids is 1. The van der Waals surface area contributed by atoms with Crippen molar-refractivity contribution in [3.63, 3.8) is 0 Å². The van der Waals surface area contributed by atoms with Gasteiger partial charge in [-0.3, -0.25) is 9.78 Å². The van der Waals surface area contributed by atoms with Crippen molar-refractivity contribution in [2.45, 2.75) is 19.9 Å². The van der Waals surface area contributed by atoms with Crippen LogP contribution in [-0.4, -0.2) is 16.1 Å². The van der Waals surface area contributed by atoms with E-state index in [0.717, 1.165) is 21.1 Å². The van der Waals surface area contributed by atoms with Crippen LogP contribution in [0.4, 0.5) is 5.69 Å². The van der Waals surface area contributed by atoms with E-state index in [1.807, 2.05) is 31.2 Å². The first kappa shape index (κ1) is 12.6. The van der Waals surface area contributed by atoms with E-state index < -0.39 is 5.97 Å². The summed E-state index contributed by atoms with van der Waals surface area (Å²) < 4.78 is 0. The highest BCUT2D eigenvalue weighted by molar-refractivity contribution is 7.12. The van der Waals surface area contributed by atoms with Gasteiger partial charge in [-0.05, 0) is 31.2 Å². The molecule has 2 heterocycles. The molecule has 2 aromatic rings. The van der Waals surface area contributed by atoms with Crippen molar-refractivity contribution in [3.05, 3.63) is 45.9 Å². The number of carboxylic acid groups (broad SMARTS) is 1. The Balaban J connectivity index is 1.92. The lowest BCUT2D eigenvalue weighted by Crippen LogP contribution is -1.98. The van der Waals surface area contributed by atoms with Gasteiger partial charge in [0.05, 0.1) is 18.3 Å². The van der Waals surface area contributed by atoms with E-state index in [9.17, 15) is 4.79 Å². The van der Waals surface area contributed by atoms with Crippen molar-refractivity contribution in [1.82, 2.24) is 4.98 Å². The Kier molecular flexibility index (Phi) is 3.94. The summed E-state index contributed by atoms with van der Waals surface area (Å²) in [5.41, 5.74) is 1.95. The molecule has 0 aliphatic heterocycles. The van der Waals surface area contributed by atoms with E-state index in [0.29, 0.717) is 6.54 Å². The lowest BCUT2D eigenvalue weighted by atomic mass is 10.3. The zero-order valence-electron chi connectivity index (χ0n) is 10.0. The Labute approximate surface area is 109 Å². The van der Waals surface area contributed by atoms with Crippen molar-refractivity contribution < 1.29 is 9.90 Å². The molecule has 0 amide bonds. The topological polar surface area (TPSA) is 62.2 Å². The van der Waals surface area contributed by atoms with Crippen LogP contribution in [0, 0.1) is 6.92 Å². The van der Waals surface area contributed by atoms with E-state index in [2.05, 4.69) is 10.3 Å². The van der Waals surface area contributed by atoms with Gasteiger partial charge in [0.25, 0.3) is 0 Å². The first-order chi connectivity index (χ1) is 8.63. The smallest absolute Gasteiger partial charge is 0.308 e.